The highest BCUT2D eigenvalue weighted by molar-refractivity contribution is 5.58. The highest BCUT2D eigenvalue weighted by atomic mass is 15.2. The van der Waals surface area contributed by atoms with Gasteiger partial charge in [-0.25, -0.2) is 4.98 Å². The summed E-state index contributed by atoms with van der Waals surface area (Å²) in [4.78, 5) is 4.59. The standard InChI is InChI=1S/C17H14N6/c1-2-5-13(6-3-1)9-16-20-17(22-21-16)14-7-4-8-15(10-14)23-11-18-19-12-23/h1-8,10-12H,9H2,(H,20,21,22). The molecule has 0 aliphatic heterocycles. The first-order valence-corrected chi connectivity index (χ1v) is 7.29. The smallest absolute Gasteiger partial charge is 0.181 e. The third-order valence-corrected chi connectivity index (χ3v) is 3.57. The Morgan fingerprint density at radius 1 is 0.913 bits per heavy atom. The topological polar surface area (TPSA) is 72.3 Å². The van der Waals surface area contributed by atoms with E-state index in [2.05, 4.69) is 37.5 Å². The van der Waals surface area contributed by atoms with Crippen LogP contribution < -0.4 is 0 Å². The lowest BCUT2D eigenvalue weighted by molar-refractivity contribution is 0.973. The molecule has 112 valence electrons. The summed E-state index contributed by atoms with van der Waals surface area (Å²) in [5.41, 5.74) is 3.13. The Hall–Kier alpha value is -3.28. The number of benzene rings is 2. The predicted molar refractivity (Wildman–Crippen MR) is 86.0 cm³/mol. The Balaban J connectivity index is 1.61. The van der Waals surface area contributed by atoms with Gasteiger partial charge in [-0.15, -0.1) is 10.2 Å². The van der Waals surface area contributed by atoms with Crippen LogP contribution in [-0.4, -0.2) is 29.9 Å². The van der Waals surface area contributed by atoms with Crippen LogP contribution in [0.15, 0.2) is 67.3 Å². The molecule has 0 spiro atoms. The minimum Gasteiger partial charge on any atom is -0.288 e. The van der Waals surface area contributed by atoms with Gasteiger partial charge < -0.3 is 0 Å². The zero-order valence-electron chi connectivity index (χ0n) is 12.3. The Bertz CT molecular complexity index is 896. The molecule has 0 unspecified atom stereocenters. The fourth-order valence-electron chi connectivity index (χ4n) is 2.43. The summed E-state index contributed by atoms with van der Waals surface area (Å²) in [5.74, 6) is 1.53. The molecule has 1 N–H and O–H groups in total. The van der Waals surface area contributed by atoms with E-state index in [-0.39, 0.29) is 0 Å². The van der Waals surface area contributed by atoms with Gasteiger partial charge in [-0.1, -0.05) is 42.5 Å². The lowest BCUT2D eigenvalue weighted by Crippen LogP contribution is -1.91. The molecule has 0 aliphatic carbocycles. The van der Waals surface area contributed by atoms with Crippen LogP contribution in [0, 0.1) is 0 Å². The van der Waals surface area contributed by atoms with Crippen LogP contribution in [0.4, 0.5) is 0 Å². The van der Waals surface area contributed by atoms with E-state index in [9.17, 15) is 0 Å². The van der Waals surface area contributed by atoms with Gasteiger partial charge in [0.1, 0.15) is 18.5 Å². The molecule has 6 nitrogen and oxygen atoms in total. The van der Waals surface area contributed by atoms with Crippen LogP contribution in [0.2, 0.25) is 0 Å². The third-order valence-electron chi connectivity index (χ3n) is 3.57. The third kappa shape index (κ3) is 2.87. The largest absolute Gasteiger partial charge is 0.288 e. The average Bonchev–Trinajstić information content (AvgIpc) is 3.28. The molecule has 0 atom stereocenters. The highest BCUT2D eigenvalue weighted by Crippen LogP contribution is 2.19. The molecule has 23 heavy (non-hydrogen) atoms. The van der Waals surface area contributed by atoms with Crippen molar-refractivity contribution in [2.24, 2.45) is 0 Å². The number of aromatic amines is 1. The molecule has 4 aromatic rings. The fraction of sp³-hybridized carbons (Fsp3) is 0.0588. The SMILES string of the molecule is c1ccc(Cc2nc(-c3cccc(-n4cnnc4)c3)n[nH]2)cc1. The van der Waals surface area contributed by atoms with Crippen LogP contribution in [0.1, 0.15) is 11.4 Å². The number of hydrogen-bond acceptors (Lipinski definition) is 4. The first kappa shape index (κ1) is 13.4. The van der Waals surface area contributed by atoms with Gasteiger partial charge in [-0.2, -0.15) is 5.10 Å². The Morgan fingerprint density at radius 3 is 2.57 bits per heavy atom. The summed E-state index contributed by atoms with van der Waals surface area (Å²) in [6, 6.07) is 18.2. The first-order chi connectivity index (χ1) is 11.4. The second kappa shape index (κ2) is 5.84. The van der Waals surface area contributed by atoms with Crippen LogP contribution >= 0.6 is 0 Å². The second-order valence-corrected chi connectivity index (χ2v) is 5.19. The summed E-state index contributed by atoms with van der Waals surface area (Å²) < 4.78 is 1.85. The van der Waals surface area contributed by atoms with Crippen LogP contribution in [0.5, 0.6) is 0 Å². The fourth-order valence-corrected chi connectivity index (χ4v) is 2.43. The van der Waals surface area contributed by atoms with E-state index >= 15 is 0 Å². The zero-order valence-corrected chi connectivity index (χ0v) is 12.3. The Labute approximate surface area is 132 Å². The number of rotatable bonds is 4. The van der Waals surface area contributed by atoms with Crippen molar-refractivity contribution >= 4 is 0 Å². The van der Waals surface area contributed by atoms with E-state index in [1.807, 2.05) is 47.0 Å². The van der Waals surface area contributed by atoms with Crippen molar-refractivity contribution in [1.29, 1.82) is 0 Å². The second-order valence-electron chi connectivity index (χ2n) is 5.19. The van der Waals surface area contributed by atoms with Crippen LogP contribution in [-0.2, 0) is 6.42 Å². The van der Waals surface area contributed by atoms with Crippen LogP contribution in [0.25, 0.3) is 17.1 Å². The highest BCUT2D eigenvalue weighted by Gasteiger charge is 2.08. The van der Waals surface area contributed by atoms with E-state index in [1.165, 1.54) is 5.56 Å². The van der Waals surface area contributed by atoms with Gasteiger partial charge in [-0.3, -0.25) is 9.67 Å². The van der Waals surface area contributed by atoms with Crippen molar-refractivity contribution in [2.45, 2.75) is 6.42 Å². The average molecular weight is 302 g/mol. The normalized spacial score (nSPS) is 10.8. The van der Waals surface area contributed by atoms with Gasteiger partial charge in [0.25, 0.3) is 0 Å². The maximum atomic E-state index is 4.59. The van der Waals surface area contributed by atoms with E-state index in [4.69, 9.17) is 0 Å². The molecular weight excluding hydrogens is 288 g/mol. The molecular formula is C17H14N6. The minimum absolute atomic E-state index is 0.686. The summed E-state index contributed by atoms with van der Waals surface area (Å²) in [7, 11) is 0. The molecule has 4 rings (SSSR count). The first-order valence-electron chi connectivity index (χ1n) is 7.29. The van der Waals surface area contributed by atoms with Crippen molar-refractivity contribution < 1.29 is 0 Å². The summed E-state index contributed by atoms with van der Waals surface area (Å²) in [5, 5.41) is 15.0. The number of H-pyrrole nitrogens is 1. The van der Waals surface area contributed by atoms with Gasteiger partial charge in [0, 0.05) is 17.7 Å². The molecule has 0 radical (unpaired) electrons. The van der Waals surface area contributed by atoms with Crippen molar-refractivity contribution in [3.8, 4) is 17.1 Å². The van der Waals surface area contributed by atoms with Gasteiger partial charge in [0.15, 0.2) is 5.82 Å². The van der Waals surface area contributed by atoms with Crippen LogP contribution in [0.3, 0.4) is 0 Å². The van der Waals surface area contributed by atoms with Gasteiger partial charge in [-0.05, 0) is 17.7 Å². The zero-order chi connectivity index (χ0) is 15.5. The monoisotopic (exact) mass is 302 g/mol. The predicted octanol–water partition coefficient (Wildman–Crippen LogP) is 2.64. The molecule has 2 heterocycles. The number of nitrogens with one attached hydrogen (secondary N) is 1. The Kier molecular flexibility index (Phi) is 3.40. The molecule has 2 aromatic heterocycles. The van der Waals surface area contributed by atoms with E-state index in [0.29, 0.717) is 5.82 Å². The number of hydrogen-bond donors (Lipinski definition) is 1. The minimum atomic E-state index is 0.686. The molecule has 0 amide bonds. The molecule has 0 saturated carbocycles. The molecule has 0 fully saturated rings. The van der Waals surface area contributed by atoms with Crippen molar-refractivity contribution in [3.63, 3.8) is 0 Å². The van der Waals surface area contributed by atoms with E-state index in [1.54, 1.807) is 12.7 Å². The maximum Gasteiger partial charge on any atom is 0.181 e. The van der Waals surface area contributed by atoms with Gasteiger partial charge >= 0.3 is 0 Å². The lowest BCUT2D eigenvalue weighted by Gasteiger charge is -2.02. The quantitative estimate of drug-likeness (QED) is 0.629. The molecule has 2 aromatic carbocycles. The number of aromatic nitrogens is 6. The Morgan fingerprint density at radius 2 is 1.74 bits per heavy atom. The van der Waals surface area contributed by atoms with E-state index in [0.717, 1.165) is 23.5 Å². The van der Waals surface area contributed by atoms with Crippen molar-refractivity contribution in [3.05, 3.63) is 78.6 Å². The maximum absolute atomic E-state index is 4.59. The molecule has 0 bridgehead atoms. The van der Waals surface area contributed by atoms with Crippen molar-refractivity contribution in [2.75, 3.05) is 0 Å². The number of nitrogens with zero attached hydrogens (tertiary/aromatic N) is 5. The van der Waals surface area contributed by atoms with Crippen molar-refractivity contribution in [1.82, 2.24) is 29.9 Å². The van der Waals surface area contributed by atoms with Gasteiger partial charge in [0.05, 0.1) is 0 Å². The summed E-state index contributed by atoms with van der Waals surface area (Å²) >= 11 is 0. The summed E-state index contributed by atoms with van der Waals surface area (Å²) in [6.07, 6.45) is 4.06. The summed E-state index contributed by atoms with van der Waals surface area (Å²) in [6.45, 7) is 0. The lowest BCUT2D eigenvalue weighted by atomic mass is 10.1. The molecule has 6 heteroatoms. The molecule has 0 aliphatic rings. The van der Waals surface area contributed by atoms with Gasteiger partial charge in [0.2, 0.25) is 0 Å². The molecule has 0 saturated heterocycles. The van der Waals surface area contributed by atoms with E-state index < -0.39 is 0 Å².